The fourth-order valence-corrected chi connectivity index (χ4v) is 4.38. The fourth-order valence-electron chi connectivity index (χ4n) is 2.60. The van der Waals surface area contributed by atoms with Gasteiger partial charge in [-0.3, -0.25) is 9.36 Å². The molecule has 8 nitrogen and oxygen atoms in total. The van der Waals surface area contributed by atoms with Gasteiger partial charge in [0.05, 0.1) is 6.20 Å². The summed E-state index contributed by atoms with van der Waals surface area (Å²) in [5.74, 6) is -0.579. The van der Waals surface area contributed by atoms with E-state index >= 15 is 0 Å². The van der Waals surface area contributed by atoms with Gasteiger partial charge in [-0.2, -0.15) is 4.31 Å². The molecule has 1 fully saturated rings. The number of sulfonamides is 1. The molecule has 2 N–H and O–H groups in total. The molecule has 19 heavy (non-hydrogen) atoms. The summed E-state index contributed by atoms with van der Waals surface area (Å²) in [6.07, 6.45) is 2.21. The van der Waals surface area contributed by atoms with Crippen molar-refractivity contribution in [3.63, 3.8) is 0 Å². The van der Waals surface area contributed by atoms with E-state index in [0.717, 1.165) is 4.31 Å². The number of nitrogens with zero attached hydrogens (tertiary/aromatic N) is 3. The van der Waals surface area contributed by atoms with Crippen molar-refractivity contribution in [1.29, 1.82) is 0 Å². The van der Waals surface area contributed by atoms with E-state index in [0.29, 0.717) is 31.9 Å². The Morgan fingerprint density at radius 1 is 1.47 bits per heavy atom. The molecule has 9 heteroatoms. The normalized spacial score (nSPS) is 23.3. The molecule has 0 saturated carbocycles. The van der Waals surface area contributed by atoms with Crippen LogP contribution in [0.1, 0.15) is 12.8 Å². The zero-order valence-corrected chi connectivity index (χ0v) is 10.9. The third-order valence-electron chi connectivity index (χ3n) is 3.50. The minimum absolute atomic E-state index is 0.0700. The van der Waals surface area contributed by atoms with Crippen molar-refractivity contribution in [1.82, 2.24) is 13.9 Å². The summed E-state index contributed by atoms with van der Waals surface area (Å²) in [6.45, 7) is 1.40. The lowest BCUT2D eigenvalue weighted by atomic mass is 10.2. The second-order valence-corrected chi connectivity index (χ2v) is 6.45. The third kappa shape index (κ3) is 1.80. The van der Waals surface area contributed by atoms with Gasteiger partial charge in [-0.1, -0.05) is 0 Å². The molecule has 104 valence electrons. The molecule has 0 amide bonds. The Hall–Kier alpha value is -1.61. The van der Waals surface area contributed by atoms with Crippen LogP contribution in [0.15, 0.2) is 11.2 Å². The Labute approximate surface area is 110 Å². The van der Waals surface area contributed by atoms with Crippen LogP contribution >= 0.6 is 0 Å². The Bertz CT molecular complexity index is 623. The lowest BCUT2D eigenvalue weighted by Gasteiger charge is -2.20. The number of hydrogen-bond acceptors (Lipinski definition) is 5. The van der Waals surface area contributed by atoms with E-state index < -0.39 is 22.0 Å². The van der Waals surface area contributed by atoms with Crippen molar-refractivity contribution in [2.24, 2.45) is 0 Å². The molecule has 2 aliphatic heterocycles. The molecule has 1 aromatic heterocycles. The zero-order valence-electron chi connectivity index (χ0n) is 10.1. The molecule has 0 radical (unpaired) electrons. The van der Waals surface area contributed by atoms with Crippen LogP contribution in [0.2, 0.25) is 0 Å². The molecule has 1 saturated heterocycles. The van der Waals surface area contributed by atoms with Crippen molar-refractivity contribution in [3.05, 3.63) is 6.20 Å². The van der Waals surface area contributed by atoms with E-state index in [1.54, 1.807) is 4.57 Å². The smallest absolute Gasteiger partial charge is 0.322 e. The first-order chi connectivity index (χ1) is 9.01. The van der Waals surface area contributed by atoms with Gasteiger partial charge in [0.2, 0.25) is 5.95 Å². The average molecular weight is 286 g/mol. The summed E-state index contributed by atoms with van der Waals surface area (Å²) in [4.78, 5) is 15.1. The largest absolute Gasteiger partial charge is 0.480 e. The van der Waals surface area contributed by atoms with E-state index in [1.807, 2.05) is 0 Å². The van der Waals surface area contributed by atoms with Gasteiger partial charge >= 0.3 is 5.97 Å². The van der Waals surface area contributed by atoms with Gasteiger partial charge < -0.3 is 10.4 Å². The van der Waals surface area contributed by atoms with E-state index in [9.17, 15) is 13.2 Å². The van der Waals surface area contributed by atoms with Gasteiger partial charge in [-0.15, -0.1) is 0 Å². The van der Waals surface area contributed by atoms with Crippen LogP contribution in [0.25, 0.3) is 0 Å². The maximum Gasteiger partial charge on any atom is 0.322 e. The van der Waals surface area contributed by atoms with E-state index in [1.165, 1.54) is 6.20 Å². The molecular formula is C10H14N4O4S. The highest BCUT2D eigenvalue weighted by Crippen LogP contribution is 2.28. The quantitative estimate of drug-likeness (QED) is 0.779. The van der Waals surface area contributed by atoms with E-state index in [4.69, 9.17) is 5.11 Å². The Morgan fingerprint density at radius 3 is 3.00 bits per heavy atom. The second-order valence-electron chi connectivity index (χ2n) is 4.61. The standard InChI is InChI=1S/C10H14N4O4S/c15-9(16)7-2-1-4-14(7)19(17,18)8-6-12-10-11-3-5-13(8)10/h6-7H,1-5H2,(H,11,12)(H,15,16). The van der Waals surface area contributed by atoms with E-state index in [-0.39, 0.29) is 11.6 Å². The van der Waals surface area contributed by atoms with Gasteiger partial charge in [0.25, 0.3) is 10.0 Å². The highest BCUT2D eigenvalue weighted by atomic mass is 32.2. The Kier molecular flexibility index (Phi) is 2.75. The summed E-state index contributed by atoms with van der Waals surface area (Å²) in [7, 11) is -3.80. The predicted octanol–water partition coefficient (Wildman–Crippen LogP) is -0.454. The van der Waals surface area contributed by atoms with Crippen molar-refractivity contribution < 1.29 is 18.3 Å². The summed E-state index contributed by atoms with van der Waals surface area (Å²) >= 11 is 0. The molecule has 3 heterocycles. The first-order valence-corrected chi connectivity index (χ1v) is 7.50. The van der Waals surface area contributed by atoms with Crippen LogP contribution < -0.4 is 5.32 Å². The second kappa shape index (κ2) is 4.20. The molecule has 0 bridgehead atoms. The van der Waals surface area contributed by atoms with Gasteiger partial charge in [0, 0.05) is 19.6 Å². The average Bonchev–Trinajstić information content (AvgIpc) is 3.04. The highest BCUT2D eigenvalue weighted by molar-refractivity contribution is 7.89. The number of aliphatic carboxylic acids is 1. The number of anilines is 1. The minimum atomic E-state index is -3.80. The van der Waals surface area contributed by atoms with Crippen molar-refractivity contribution >= 4 is 21.9 Å². The molecule has 1 aromatic rings. The number of aromatic nitrogens is 2. The lowest BCUT2D eigenvalue weighted by Crippen LogP contribution is -2.41. The maximum atomic E-state index is 12.5. The topological polar surface area (TPSA) is 105 Å². The van der Waals surface area contributed by atoms with E-state index in [2.05, 4.69) is 10.3 Å². The number of carboxylic acid groups (broad SMARTS) is 1. The molecule has 0 aliphatic carbocycles. The number of carbonyl (C=O) groups is 1. The van der Waals surface area contributed by atoms with Crippen LogP contribution in [-0.2, 0) is 21.4 Å². The van der Waals surface area contributed by atoms with Gasteiger partial charge in [-0.25, -0.2) is 13.4 Å². The van der Waals surface area contributed by atoms with Crippen molar-refractivity contribution in [2.75, 3.05) is 18.4 Å². The number of rotatable bonds is 3. The molecule has 0 spiro atoms. The Morgan fingerprint density at radius 2 is 2.26 bits per heavy atom. The molecule has 1 unspecified atom stereocenters. The zero-order chi connectivity index (χ0) is 13.6. The number of imidazole rings is 1. The summed E-state index contributed by atoms with van der Waals surface area (Å²) < 4.78 is 27.7. The van der Waals surface area contributed by atoms with Crippen molar-refractivity contribution in [3.8, 4) is 0 Å². The molecular weight excluding hydrogens is 272 g/mol. The first-order valence-electron chi connectivity index (χ1n) is 6.06. The maximum absolute atomic E-state index is 12.5. The summed E-state index contributed by atoms with van der Waals surface area (Å²) in [5, 5.41) is 12.1. The first kappa shape index (κ1) is 12.4. The summed E-state index contributed by atoms with van der Waals surface area (Å²) in [6, 6.07) is -0.967. The van der Waals surface area contributed by atoms with Crippen LogP contribution in [0.4, 0.5) is 5.95 Å². The predicted molar refractivity (Wildman–Crippen MR) is 65.3 cm³/mol. The van der Waals surface area contributed by atoms with Crippen LogP contribution in [0, 0.1) is 0 Å². The highest BCUT2D eigenvalue weighted by Gasteiger charge is 2.41. The minimum Gasteiger partial charge on any atom is -0.480 e. The number of fused-ring (bicyclic) bond motifs is 1. The molecule has 2 aliphatic rings. The number of carboxylic acids is 1. The summed E-state index contributed by atoms with van der Waals surface area (Å²) in [5.41, 5.74) is 0. The van der Waals surface area contributed by atoms with Gasteiger partial charge in [0.15, 0.2) is 5.03 Å². The van der Waals surface area contributed by atoms with Gasteiger partial charge in [0.1, 0.15) is 6.04 Å². The SMILES string of the molecule is O=C(O)C1CCCN1S(=O)(=O)c1cnc2n1CCN2. The molecule has 1 atom stereocenters. The monoisotopic (exact) mass is 286 g/mol. The van der Waals surface area contributed by atoms with Crippen molar-refractivity contribution in [2.45, 2.75) is 30.5 Å². The number of hydrogen-bond donors (Lipinski definition) is 2. The Balaban J connectivity index is 2.00. The lowest BCUT2D eigenvalue weighted by molar-refractivity contribution is -0.140. The number of nitrogens with one attached hydrogen (secondary N) is 1. The third-order valence-corrected chi connectivity index (χ3v) is 5.41. The van der Waals surface area contributed by atoms with Gasteiger partial charge in [-0.05, 0) is 12.8 Å². The molecule has 3 rings (SSSR count). The molecule has 0 aromatic carbocycles. The van der Waals surface area contributed by atoms with Crippen LogP contribution in [0.3, 0.4) is 0 Å². The fraction of sp³-hybridized carbons (Fsp3) is 0.600. The van der Waals surface area contributed by atoms with Crippen LogP contribution in [0.5, 0.6) is 0 Å². The van der Waals surface area contributed by atoms with Crippen LogP contribution in [-0.4, -0.2) is 52.5 Å².